The molecular weight excluding hydrogens is 268 g/mol. The van der Waals surface area contributed by atoms with E-state index in [0.29, 0.717) is 6.07 Å². The first-order valence-electron chi connectivity index (χ1n) is 6.33. The number of carbonyl (C=O) groups is 2. The van der Waals surface area contributed by atoms with E-state index in [2.05, 4.69) is 10.1 Å². The summed E-state index contributed by atoms with van der Waals surface area (Å²) in [5, 5.41) is 2.64. The van der Waals surface area contributed by atoms with Crippen LogP contribution in [0.4, 0.5) is 8.78 Å². The molecule has 0 radical (unpaired) electrons. The normalized spacial score (nSPS) is 15.6. The minimum absolute atomic E-state index is 0.0602. The lowest BCUT2D eigenvalue weighted by atomic mass is 10.1. The average molecular weight is 283 g/mol. The summed E-state index contributed by atoms with van der Waals surface area (Å²) in [6, 6.07) is 2.26. The highest BCUT2D eigenvalue weighted by atomic mass is 19.1. The Morgan fingerprint density at radius 1 is 1.30 bits per heavy atom. The van der Waals surface area contributed by atoms with Crippen LogP contribution in [0.25, 0.3) is 0 Å². The third-order valence-corrected chi connectivity index (χ3v) is 3.25. The SMILES string of the molecule is COC(=O)CC(NC(=O)c1cc(F)cc(F)c1)C1CC1. The number of benzene rings is 1. The lowest BCUT2D eigenvalue weighted by molar-refractivity contribution is -0.141. The minimum atomic E-state index is -0.814. The fourth-order valence-corrected chi connectivity index (χ4v) is 2.03. The first-order chi connectivity index (χ1) is 9.49. The molecule has 0 spiro atoms. The van der Waals surface area contributed by atoms with E-state index in [-0.39, 0.29) is 23.9 Å². The number of ether oxygens (including phenoxy) is 1. The second-order valence-electron chi connectivity index (χ2n) is 4.86. The van der Waals surface area contributed by atoms with Gasteiger partial charge < -0.3 is 10.1 Å². The number of rotatable bonds is 5. The molecule has 1 aromatic rings. The van der Waals surface area contributed by atoms with Crippen LogP contribution < -0.4 is 5.32 Å². The highest BCUT2D eigenvalue weighted by molar-refractivity contribution is 5.94. The zero-order valence-corrected chi connectivity index (χ0v) is 11.0. The second kappa shape index (κ2) is 5.98. The van der Waals surface area contributed by atoms with E-state index in [1.165, 1.54) is 7.11 Å². The Bertz CT molecular complexity index is 509. The number of nitrogens with one attached hydrogen (secondary N) is 1. The molecule has 1 unspecified atom stereocenters. The lowest BCUT2D eigenvalue weighted by Crippen LogP contribution is -2.38. The van der Waals surface area contributed by atoms with Gasteiger partial charge in [0.05, 0.1) is 13.5 Å². The predicted octanol–water partition coefficient (Wildman–Crippen LogP) is 2.04. The van der Waals surface area contributed by atoms with E-state index in [1.807, 2.05) is 0 Å². The molecule has 6 heteroatoms. The van der Waals surface area contributed by atoms with Gasteiger partial charge in [-0.25, -0.2) is 8.78 Å². The molecule has 4 nitrogen and oxygen atoms in total. The summed E-state index contributed by atoms with van der Waals surface area (Å²) in [4.78, 5) is 23.3. The number of hydrogen-bond donors (Lipinski definition) is 1. The van der Waals surface area contributed by atoms with Gasteiger partial charge >= 0.3 is 5.97 Å². The maximum absolute atomic E-state index is 13.1. The van der Waals surface area contributed by atoms with Crippen LogP contribution in [-0.4, -0.2) is 25.0 Å². The van der Waals surface area contributed by atoms with Crippen molar-refractivity contribution in [2.24, 2.45) is 5.92 Å². The predicted molar refractivity (Wildman–Crippen MR) is 67.0 cm³/mol. The minimum Gasteiger partial charge on any atom is -0.469 e. The summed E-state index contributed by atoms with van der Waals surface area (Å²) >= 11 is 0. The van der Waals surface area contributed by atoms with Crippen LogP contribution in [0.5, 0.6) is 0 Å². The highest BCUT2D eigenvalue weighted by Crippen LogP contribution is 2.34. The van der Waals surface area contributed by atoms with Crippen molar-refractivity contribution in [2.75, 3.05) is 7.11 Å². The van der Waals surface area contributed by atoms with E-state index in [0.717, 1.165) is 25.0 Å². The van der Waals surface area contributed by atoms with Crippen molar-refractivity contribution in [3.05, 3.63) is 35.4 Å². The van der Waals surface area contributed by atoms with Crippen molar-refractivity contribution >= 4 is 11.9 Å². The van der Waals surface area contributed by atoms with E-state index in [9.17, 15) is 18.4 Å². The molecule has 0 aliphatic heterocycles. The molecule has 1 atom stereocenters. The standard InChI is InChI=1S/C14H15F2NO3/c1-20-13(18)7-12(8-2-3-8)17-14(19)9-4-10(15)6-11(16)5-9/h4-6,8,12H,2-3,7H2,1H3,(H,17,19). The van der Waals surface area contributed by atoms with Gasteiger partial charge in [0.15, 0.2) is 0 Å². The van der Waals surface area contributed by atoms with Gasteiger partial charge in [-0.2, -0.15) is 0 Å². The van der Waals surface area contributed by atoms with Gasteiger partial charge in [0.2, 0.25) is 0 Å². The number of carbonyl (C=O) groups excluding carboxylic acids is 2. The zero-order valence-electron chi connectivity index (χ0n) is 11.0. The van der Waals surface area contributed by atoms with Gasteiger partial charge in [-0.3, -0.25) is 9.59 Å². The molecule has 1 fully saturated rings. The fraction of sp³-hybridized carbons (Fsp3) is 0.429. The molecule has 0 saturated heterocycles. The van der Waals surface area contributed by atoms with Gasteiger partial charge in [-0.1, -0.05) is 0 Å². The van der Waals surface area contributed by atoms with E-state index in [1.54, 1.807) is 0 Å². The Hall–Kier alpha value is -1.98. The first kappa shape index (κ1) is 14.4. The number of hydrogen-bond acceptors (Lipinski definition) is 3. The first-order valence-corrected chi connectivity index (χ1v) is 6.33. The number of halogens is 2. The summed E-state index contributed by atoms with van der Waals surface area (Å²) in [5.41, 5.74) is -0.0991. The zero-order chi connectivity index (χ0) is 14.7. The highest BCUT2D eigenvalue weighted by Gasteiger charge is 2.34. The lowest BCUT2D eigenvalue weighted by Gasteiger charge is -2.17. The molecule has 20 heavy (non-hydrogen) atoms. The summed E-state index contributed by atoms with van der Waals surface area (Å²) < 4.78 is 30.7. The third kappa shape index (κ3) is 3.76. The van der Waals surface area contributed by atoms with Crippen LogP contribution in [0.1, 0.15) is 29.6 Å². The molecule has 1 aliphatic carbocycles. The molecule has 0 heterocycles. The summed E-state index contributed by atoms with van der Waals surface area (Å²) in [6.45, 7) is 0. The van der Waals surface area contributed by atoms with Crippen LogP contribution >= 0.6 is 0 Å². The molecule has 0 bridgehead atoms. The third-order valence-electron chi connectivity index (χ3n) is 3.25. The van der Waals surface area contributed by atoms with E-state index >= 15 is 0 Å². The second-order valence-corrected chi connectivity index (χ2v) is 4.86. The molecule has 1 amide bonds. The molecule has 2 rings (SSSR count). The van der Waals surface area contributed by atoms with Crippen LogP contribution in [0, 0.1) is 17.6 Å². The Balaban J connectivity index is 2.05. The largest absolute Gasteiger partial charge is 0.469 e. The van der Waals surface area contributed by atoms with Gasteiger partial charge in [0.1, 0.15) is 11.6 Å². The molecular formula is C14H15F2NO3. The van der Waals surface area contributed by atoms with Crippen molar-refractivity contribution in [1.82, 2.24) is 5.32 Å². The topological polar surface area (TPSA) is 55.4 Å². The maximum atomic E-state index is 13.1. The van der Waals surface area contributed by atoms with E-state index in [4.69, 9.17) is 0 Å². The number of esters is 1. The van der Waals surface area contributed by atoms with Gasteiger partial charge in [-0.15, -0.1) is 0 Å². The monoisotopic (exact) mass is 283 g/mol. The molecule has 1 N–H and O–H groups in total. The average Bonchev–Trinajstić information content (AvgIpc) is 3.20. The Kier molecular flexibility index (Phi) is 4.32. The molecule has 1 aliphatic rings. The smallest absolute Gasteiger partial charge is 0.307 e. The number of amides is 1. The van der Waals surface area contributed by atoms with Crippen molar-refractivity contribution in [2.45, 2.75) is 25.3 Å². The quantitative estimate of drug-likeness (QED) is 0.841. The molecule has 0 aromatic heterocycles. The van der Waals surface area contributed by atoms with Gasteiger partial charge in [0.25, 0.3) is 5.91 Å². The molecule has 108 valence electrons. The summed E-state index contributed by atoms with van der Waals surface area (Å²) in [6.07, 6.45) is 1.89. The van der Waals surface area contributed by atoms with Crippen LogP contribution in [0.2, 0.25) is 0 Å². The van der Waals surface area contributed by atoms with Crippen molar-refractivity contribution < 1.29 is 23.1 Å². The summed E-state index contributed by atoms with van der Waals surface area (Å²) in [7, 11) is 1.27. The summed E-state index contributed by atoms with van der Waals surface area (Å²) in [5.74, 6) is -2.43. The van der Waals surface area contributed by atoms with E-state index < -0.39 is 23.5 Å². The molecule has 1 saturated carbocycles. The van der Waals surface area contributed by atoms with Crippen LogP contribution in [0.3, 0.4) is 0 Å². The van der Waals surface area contributed by atoms with Crippen LogP contribution in [-0.2, 0) is 9.53 Å². The Labute approximate surface area is 115 Å². The van der Waals surface area contributed by atoms with Crippen molar-refractivity contribution in [1.29, 1.82) is 0 Å². The van der Waals surface area contributed by atoms with Gasteiger partial charge in [0, 0.05) is 17.7 Å². The Morgan fingerprint density at radius 3 is 2.40 bits per heavy atom. The fourth-order valence-electron chi connectivity index (χ4n) is 2.03. The molecule has 1 aromatic carbocycles. The maximum Gasteiger partial charge on any atom is 0.307 e. The van der Waals surface area contributed by atoms with Crippen molar-refractivity contribution in [3.63, 3.8) is 0 Å². The number of methoxy groups -OCH3 is 1. The Morgan fingerprint density at radius 2 is 1.90 bits per heavy atom. The van der Waals surface area contributed by atoms with Gasteiger partial charge in [-0.05, 0) is 30.9 Å². The van der Waals surface area contributed by atoms with Crippen molar-refractivity contribution in [3.8, 4) is 0 Å². The van der Waals surface area contributed by atoms with Crippen LogP contribution in [0.15, 0.2) is 18.2 Å².